The largest absolute Gasteiger partial charge is 0.494 e. The predicted octanol–water partition coefficient (Wildman–Crippen LogP) is 3.96. The summed E-state index contributed by atoms with van der Waals surface area (Å²) in [5, 5.41) is 3.43. The van der Waals surface area contributed by atoms with E-state index in [2.05, 4.69) is 48.6 Å². The molecular weight excluding hydrogens is 246 g/mol. The van der Waals surface area contributed by atoms with Crippen molar-refractivity contribution in [2.24, 2.45) is 0 Å². The van der Waals surface area contributed by atoms with Gasteiger partial charge in [-0.15, -0.1) is 0 Å². The summed E-state index contributed by atoms with van der Waals surface area (Å²) >= 11 is 0. The lowest BCUT2D eigenvalue weighted by molar-refractivity contribution is 0.334. The zero-order chi connectivity index (χ0) is 14.4. The average Bonchev–Trinajstić information content (AvgIpc) is 2.50. The quantitative estimate of drug-likeness (QED) is 0.857. The molecule has 2 rings (SSSR count). The first kappa shape index (κ1) is 14.6. The van der Waals surface area contributed by atoms with Gasteiger partial charge in [-0.2, -0.15) is 0 Å². The van der Waals surface area contributed by atoms with E-state index in [9.17, 15) is 0 Å². The smallest absolute Gasteiger partial charge is 0.124 e. The van der Waals surface area contributed by atoms with E-state index >= 15 is 0 Å². The number of nitrogens with one attached hydrogen (secondary N) is 1. The van der Waals surface area contributed by atoms with Crippen molar-refractivity contribution in [1.82, 2.24) is 5.32 Å². The molecule has 0 fully saturated rings. The fourth-order valence-electron chi connectivity index (χ4n) is 2.62. The van der Waals surface area contributed by atoms with E-state index < -0.39 is 0 Å². The molecule has 1 unspecified atom stereocenters. The van der Waals surface area contributed by atoms with Crippen LogP contribution in [0, 0.1) is 0 Å². The van der Waals surface area contributed by atoms with Crippen LogP contribution in [0.15, 0.2) is 48.5 Å². The van der Waals surface area contributed by atoms with Crippen molar-refractivity contribution in [1.29, 1.82) is 0 Å². The predicted molar refractivity (Wildman–Crippen MR) is 84.3 cm³/mol. The molecule has 0 amide bonds. The van der Waals surface area contributed by atoms with Crippen molar-refractivity contribution >= 4 is 0 Å². The number of ether oxygens (including phenoxy) is 1. The van der Waals surface area contributed by atoms with E-state index in [1.807, 2.05) is 26.1 Å². The molecule has 20 heavy (non-hydrogen) atoms. The molecule has 2 heteroatoms. The molecule has 1 atom stereocenters. The van der Waals surface area contributed by atoms with Crippen LogP contribution in [0.25, 0.3) is 0 Å². The van der Waals surface area contributed by atoms with E-state index in [0.29, 0.717) is 6.61 Å². The van der Waals surface area contributed by atoms with E-state index in [-0.39, 0.29) is 6.04 Å². The summed E-state index contributed by atoms with van der Waals surface area (Å²) in [6.45, 7) is 4.90. The lowest BCUT2D eigenvalue weighted by Gasteiger charge is -2.22. The molecule has 106 valence electrons. The Morgan fingerprint density at radius 3 is 2.25 bits per heavy atom. The van der Waals surface area contributed by atoms with Gasteiger partial charge in [-0.1, -0.05) is 49.4 Å². The molecule has 0 saturated heterocycles. The minimum Gasteiger partial charge on any atom is -0.494 e. The van der Waals surface area contributed by atoms with E-state index in [4.69, 9.17) is 4.74 Å². The second-order valence-corrected chi connectivity index (χ2v) is 4.74. The molecule has 2 nitrogen and oxygen atoms in total. The summed E-state index contributed by atoms with van der Waals surface area (Å²) < 4.78 is 5.77. The highest BCUT2D eigenvalue weighted by Crippen LogP contribution is 2.31. The van der Waals surface area contributed by atoms with Gasteiger partial charge >= 0.3 is 0 Å². The van der Waals surface area contributed by atoms with E-state index in [0.717, 1.165) is 12.2 Å². The molecule has 0 heterocycles. The van der Waals surface area contributed by atoms with E-state index in [1.165, 1.54) is 16.7 Å². The molecule has 0 aliphatic carbocycles. The van der Waals surface area contributed by atoms with Crippen molar-refractivity contribution < 1.29 is 4.74 Å². The van der Waals surface area contributed by atoms with Gasteiger partial charge in [0.05, 0.1) is 12.6 Å². The summed E-state index contributed by atoms with van der Waals surface area (Å²) in [6, 6.07) is 17.0. The Morgan fingerprint density at radius 2 is 1.60 bits per heavy atom. The van der Waals surface area contributed by atoms with Gasteiger partial charge in [0.15, 0.2) is 0 Å². The van der Waals surface area contributed by atoms with Crippen LogP contribution in [0.4, 0.5) is 0 Å². The van der Waals surface area contributed by atoms with Crippen LogP contribution in [0.1, 0.15) is 36.6 Å². The van der Waals surface area contributed by atoms with Crippen molar-refractivity contribution in [3.05, 3.63) is 65.2 Å². The van der Waals surface area contributed by atoms with Crippen LogP contribution in [0.2, 0.25) is 0 Å². The first-order valence-electron chi connectivity index (χ1n) is 7.28. The highest BCUT2D eigenvalue weighted by atomic mass is 16.5. The minimum absolute atomic E-state index is 0.161. The van der Waals surface area contributed by atoms with Gasteiger partial charge in [0.25, 0.3) is 0 Å². The van der Waals surface area contributed by atoms with Crippen molar-refractivity contribution in [3.63, 3.8) is 0 Å². The molecule has 2 aromatic rings. The summed E-state index contributed by atoms with van der Waals surface area (Å²) in [4.78, 5) is 0. The highest BCUT2D eigenvalue weighted by molar-refractivity contribution is 5.44. The Kier molecular flexibility index (Phi) is 5.19. The third-order valence-electron chi connectivity index (χ3n) is 3.57. The molecule has 0 bridgehead atoms. The number of benzene rings is 2. The maximum absolute atomic E-state index is 5.77. The topological polar surface area (TPSA) is 21.3 Å². The molecule has 0 aromatic heterocycles. The monoisotopic (exact) mass is 269 g/mol. The summed E-state index contributed by atoms with van der Waals surface area (Å²) in [5.41, 5.74) is 3.89. The second-order valence-electron chi connectivity index (χ2n) is 4.74. The lowest BCUT2D eigenvalue weighted by atomic mass is 9.93. The third-order valence-corrected chi connectivity index (χ3v) is 3.57. The van der Waals surface area contributed by atoms with Crippen LogP contribution in [0.3, 0.4) is 0 Å². The molecule has 0 aliphatic rings. The lowest BCUT2D eigenvalue weighted by Crippen LogP contribution is -2.20. The van der Waals surface area contributed by atoms with Crippen molar-refractivity contribution in [2.45, 2.75) is 26.3 Å². The Balaban J connectivity index is 2.47. The molecule has 1 N–H and O–H groups in total. The van der Waals surface area contributed by atoms with Gasteiger partial charge in [0, 0.05) is 5.56 Å². The maximum atomic E-state index is 5.77. The summed E-state index contributed by atoms with van der Waals surface area (Å²) in [7, 11) is 2.00. The van der Waals surface area contributed by atoms with Crippen LogP contribution in [-0.2, 0) is 6.42 Å². The van der Waals surface area contributed by atoms with Crippen LogP contribution in [-0.4, -0.2) is 13.7 Å². The standard InChI is InChI=1S/C18H23NO/c1-4-14-10-6-7-11-15(14)18(19-3)16-12-8-9-13-17(16)20-5-2/h6-13,18-19H,4-5H2,1-3H3. The zero-order valence-electron chi connectivity index (χ0n) is 12.5. The van der Waals surface area contributed by atoms with Gasteiger partial charge in [0.1, 0.15) is 5.75 Å². The summed E-state index contributed by atoms with van der Waals surface area (Å²) in [5.74, 6) is 0.959. The zero-order valence-corrected chi connectivity index (χ0v) is 12.5. The minimum atomic E-state index is 0.161. The van der Waals surface area contributed by atoms with Crippen molar-refractivity contribution in [2.75, 3.05) is 13.7 Å². The normalized spacial score (nSPS) is 12.2. The Labute approximate surface area is 121 Å². The summed E-state index contributed by atoms with van der Waals surface area (Å²) in [6.07, 6.45) is 1.03. The molecule has 2 aromatic carbocycles. The molecule has 0 radical (unpaired) electrons. The maximum Gasteiger partial charge on any atom is 0.124 e. The van der Waals surface area contributed by atoms with Crippen LogP contribution < -0.4 is 10.1 Å². The fourth-order valence-corrected chi connectivity index (χ4v) is 2.62. The van der Waals surface area contributed by atoms with Crippen LogP contribution >= 0.6 is 0 Å². The molecule has 0 saturated carbocycles. The van der Waals surface area contributed by atoms with Gasteiger partial charge in [-0.25, -0.2) is 0 Å². The third kappa shape index (κ3) is 3.02. The molecular formula is C18H23NO. The second kappa shape index (κ2) is 7.11. The Morgan fingerprint density at radius 1 is 0.950 bits per heavy atom. The Bertz CT molecular complexity index is 551. The van der Waals surface area contributed by atoms with Crippen molar-refractivity contribution in [3.8, 4) is 5.75 Å². The Hall–Kier alpha value is -1.80. The van der Waals surface area contributed by atoms with Gasteiger partial charge in [-0.3, -0.25) is 0 Å². The van der Waals surface area contributed by atoms with E-state index in [1.54, 1.807) is 0 Å². The molecule has 0 spiro atoms. The number of aryl methyl sites for hydroxylation is 1. The number of hydrogen-bond acceptors (Lipinski definition) is 2. The number of para-hydroxylation sites is 1. The SMILES string of the molecule is CCOc1ccccc1C(NC)c1ccccc1CC. The van der Waals surface area contributed by atoms with Crippen LogP contribution in [0.5, 0.6) is 5.75 Å². The van der Waals surface area contributed by atoms with Gasteiger partial charge < -0.3 is 10.1 Å². The first-order chi connectivity index (χ1) is 9.81. The van der Waals surface area contributed by atoms with Gasteiger partial charge in [0.2, 0.25) is 0 Å². The average molecular weight is 269 g/mol. The number of hydrogen-bond donors (Lipinski definition) is 1. The highest BCUT2D eigenvalue weighted by Gasteiger charge is 2.18. The molecule has 0 aliphatic heterocycles. The first-order valence-corrected chi connectivity index (χ1v) is 7.28. The number of rotatable bonds is 6. The fraction of sp³-hybridized carbons (Fsp3) is 0.333. The van der Waals surface area contributed by atoms with Gasteiger partial charge in [-0.05, 0) is 37.6 Å².